The highest BCUT2D eigenvalue weighted by Crippen LogP contribution is 2.12. The van der Waals surface area contributed by atoms with Gasteiger partial charge < -0.3 is 4.74 Å². The molecule has 0 radical (unpaired) electrons. The number of ether oxygens (including phenoxy) is 1. The summed E-state index contributed by atoms with van der Waals surface area (Å²) in [7, 11) is 0. The number of nitrogens with two attached hydrogens (primary N) is 1. The third-order valence-corrected chi connectivity index (χ3v) is 2.21. The van der Waals surface area contributed by atoms with E-state index in [1.807, 2.05) is 6.07 Å². The number of rotatable bonds is 6. The van der Waals surface area contributed by atoms with Crippen molar-refractivity contribution in [2.24, 2.45) is 5.84 Å². The van der Waals surface area contributed by atoms with Gasteiger partial charge in [0.1, 0.15) is 5.75 Å². The first-order chi connectivity index (χ1) is 8.26. The Morgan fingerprint density at radius 1 is 1.35 bits per heavy atom. The summed E-state index contributed by atoms with van der Waals surface area (Å²) in [6.45, 7) is 0.545. The molecule has 0 aliphatic heterocycles. The molecule has 0 aliphatic carbocycles. The zero-order valence-corrected chi connectivity index (χ0v) is 9.48. The van der Waals surface area contributed by atoms with Crippen LogP contribution in [0.2, 0.25) is 0 Å². The fourth-order valence-corrected chi connectivity index (χ4v) is 1.28. The summed E-state index contributed by atoms with van der Waals surface area (Å²) < 4.78 is 5.45. The molecule has 5 nitrogen and oxygen atoms in total. The number of nitriles is 1. The topological polar surface area (TPSA) is 88.1 Å². The van der Waals surface area contributed by atoms with Crippen LogP contribution in [-0.2, 0) is 4.79 Å². The minimum atomic E-state index is -0.164. The van der Waals surface area contributed by atoms with Crippen molar-refractivity contribution in [2.45, 2.75) is 19.3 Å². The van der Waals surface area contributed by atoms with Crippen LogP contribution in [0, 0.1) is 11.3 Å². The van der Waals surface area contributed by atoms with Gasteiger partial charge in [-0.1, -0.05) is 0 Å². The zero-order valence-electron chi connectivity index (χ0n) is 9.48. The quantitative estimate of drug-likeness (QED) is 0.333. The fraction of sp³-hybridized carbons (Fsp3) is 0.333. The molecule has 1 rings (SSSR count). The van der Waals surface area contributed by atoms with Crippen LogP contribution in [-0.4, -0.2) is 12.5 Å². The minimum Gasteiger partial charge on any atom is -0.494 e. The lowest BCUT2D eigenvalue weighted by Gasteiger charge is -2.05. The number of benzene rings is 1. The Morgan fingerprint density at radius 2 is 2.06 bits per heavy atom. The highest BCUT2D eigenvalue weighted by molar-refractivity contribution is 5.75. The van der Waals surface area contributed by atoms with E-state index in [-0.39, 0.29) is 5.91 Å². The number of hydrogen-bond acceptors (Lipinski definition) is 4. The molecule has 0 bridgehead atoms. The molecule has 0 saturated carbocycles. The lowest BCUT2D eigenvalue weighted by molar-refractivity contribution is -0.121. The molecule has 0 saturated heterocycles. The Bertz CT molecular complexity index is 395. The van der Waals surface area contributed by atoms with E-state index in [2.05, 4.69) is 5.43 Å². The smallest absolute Gasteiger partial charge is 0.233 e. The van der Waals surface area contributed by atoms with Gasteiger partial charge in [0, 0.05) is 6.42 Å². The van der Waals surface area contributed by atoms with E-state index in [0.717, 1.165) is 18.6 Å². The fourth-order valence-electron chi connectivity index (χ4n) is 1.28. The Kier molecular flexibility index (Phi) is 5.55. The van der Waals surface area contributed by atoms with Crippen LogP contribution in [0.3, 0.4) is 0 Å². The molecule has 0 atom stereocenters. The second kappa shape index (κ2) is 7.25. The third-order valence-electron chi connectivity index (χ3n) is 2.21. The van der Waals surface area contributed by atoms with Gasteiger partial charge >= 0.3 is 0 Å². The summed E-state index contributed by atoms with van der Waals surface area (Å²) in [5.41, 5.74) is 2.68. The Balaban J connectivity index is 2.18. The molecule has 1 aromatic rings. The largest absolute Gasteiger partial charge is 0.494 e. The summed E-state index contributed by atoms with van der Waals surface area (Å²) in [6.07, 6.45) is 1.93. The highest BCUT2D eigenvalue weighted by atomic mass is 16.5. The van der Waals surface area contributed by atoms with Crippen LogP contribution < -0.4 is 16.0 Å². The van der Waals surface area contributed by atoms with Crippen molar-refractivity contribution in [1.29, 1.82) is 5.26 Å². The zero-order chi connectivity index (χ0) is 12.5. The summed E-state index contributed by atoms with van der Waals surface area (Å²) in [5.74, 6) is 5.51. The lowest BCUT2D eigenvalue weighted by Crippen LogP contribution is -2.29. The monoisotopic (exact) mass is 233 g/mol. The molecule has 1 amide bonds. The van der Waals surface area contributed by atoms with Gasteiger partial charge in [0.2, 0.25) is 5.91 Å². The van der Waals surface area contributed by atoms with E-state index in [9.17, 15) is 4.79 Å². The number of amides is 1. The third kappa shape index (κ3) is 5.00. The van der Waals surface area contributed by atoms with Crippen LogP contribution in [0.5, 0.6) is 5.75 Å². The summed E-state index contributed by atoms with van der Waals surface area (Å²) in [6, 6.07) is 8.96. The molecule has 0 unspecified atom stereocenters. The maximum atomic E-state index is 10.8. The summed E-state index contributed by atoms with van der Waals surface area (Å²) >= 11 is 0. The van der Waals surface area contributed by atoms with Crippen molar-refractivity contribution < 1.29 is 9.53 Å². The number of unbranched alkanes of at least 4 members (excludes halogenated alkanes) is 1. The van der Waals surface area contributed by atoms with Gasteiger partial charge in [0.25, 0.3) is 0 Å². The van der Waals surface area contributed by atoms with E-state index >= 15 is 0 Å². The van der Waals surface area contributed by atoms with Crippen LogP contribution in [0.4, 0.5) is 0 Å². The highest BCUT2D eigenvalue weighted by Gasteiger charge is 1.98. The summed E-state index contributed by atoms with van der Waals surface area (Å²) in [5, 5.41) is 8.61. The Morgan fingerprint density at radius 3 is 2.65 bits per heavy atom. The molecular formula is C12H15N3O2. The van der Waals surface area contributed by atoms with Crippen LogP contribution in [0.25, 0.3) is 0 Å². The first-order valence-corrected chi connectivity index (χ1v) is 5.38. The molecule has 0 heterocycles. The van der Waals surface area contributed by atoms with Gasteiger partial charge in [-0.05, 0) is 37.1 Å². The van der Waals surface area contributed by atoms with E-state index in [4.69, 9.17) is 15.8 Å². The van der Waals surface area contributed by atoms with E-state index in [1.54, 1.807) is 24.3 Å². The van der Waals surface area contributed by atoms with Gasteiger partial charge in [-0.3, -0.25) is 10.2 Å². The molecule has 90 valence electrons. The maximum absolute atomic E-state index is 10.8. The number of hydrogen-bond donors (Lipinski definition) is 2. The molecule has 1 aromatic carbocycles. The van der Waals surface area contributed by atoms with Crippen molar-refractivity contribution in [2.75, 3.05) is 6.61 Å². The standard InChI is InChI=1S/C12H15N3O2/c13-9-10-4-6-11(7-5-10)17-8-2-1-3-12(16)15-14/h4-7H,1-3,8,14H2,(H,15,16). The molecule has 0 fully saturated rings. The Hall–Kier alpha value is -2.06. The van der Waals surface area contributed by atoms with E-state index in [1.165, 1.54) is 0 Å². The van der Waals surface area contributed by atoms with Crippen molar-refractivity contribution >= 4 is 5.91 Å². The second-order valence-corrected chi connectivity index (χ2v) is 3.51. The number of nitrogens with one attached hydrogen (secondary N) is 1. The van der Waals surface area contributed by atoms with Crippen molar-refractivity contribution in [1.82, 2.24) is 5.43 Å². The molecular weight excluding hydrogens is 218 g/mol. The first-order valence-electron chi connectivity index (χ1n) is 5.38. The maximum Gasteiger partial charge on any atom is 0.233 e. The SMILES string of the molecule is N#Cc1ccc(OCCCCC(=O)NN)cc1. The number of nitrogens with zero attached hydrogens (tertiary/aromatic N) is 1. The average molecular weight is 233 g/mol. The first kappa shape index (κ1) is 13.0. The van der Waals surface area contributed by atoms with Crippen LogP contribution in [0.15, 0.2) is 24.3 Å². The van der Waals surface area contributed by atoms with Crippen molar-refractivity contribution in [3.05, 3.63) is 29.8 Å². The molecule has 0 spiro atoms. The Labute approximate surface area is 100 Å². The molecule has 17 heavy (non-hydrogen) atoms. The second-order valence-electron chi connectivity index (χ2n) is 3.51. The average Bonchev–Trinajstić information content (AvgIpc) is 2.38. The van der Waals surface area contributed by atoms with E-state index in [0.29, 0.717) is 18.6 Å². The molecule has 3 N–H and O–H groups in total. The van der Waals surface area contributed by atoms with Gasteiger partial charge in [-0.25, -0.2) is 5.84 Å². The van der Waals surface area contributed by atoms with Gasteiger partial charge in [-0.15, -0.1) is 0 Å². The van der Waals surface area contributed by atoms with Crippen LogP contribution >= 0.6 is 0 Å². The van der Waals surface area contributed by atoms with Crippen LogP contribution in [0.1, 0.15) is 24.8 Å². The number of carbonyl (C=O) groups excluding carboxylic acids is 1. The van der Waals surface area contributed by atoms with E-state index < -0.39 is 0 Å². The predicted octanol–water partition coefficient (Wildman–Crippen LogP) is 1.10. The van der Waals surface area contributed by atoms with Crippen molar-refractivity contribution in [3.63, 3.8) is 0 Å². The van der Waals surface area contributed by atoms with Gasteiger partial charge in [-0.2, -0.15) is 5.26 Å². The predicted molar refractivity (Wildman–Crippen MR) is 62.8 cm³/mol. The summed E-state index contributed by atoms with van der Waals surface area (Å²) in [4.78, 5) is 10.8. The molecule has 0 aliphatic rings. The number of carbonyl (C=O) groups is 1. The van der Waals surface area contributed by atoms with Gasteiger partial charge in [0.05, 0.1) is 18.2 Å². The minimum absolute atomic E-state index is 0.164. The van der Waals surface area contributed by atoms with Gasteiger partial charge in [0.15, 0.2) is 0 Å². The molecule has 0 aromatic heterocycles. The normalized spacial score (nSPS) is 9.41. The number of hydrazine groups is 1. The van der Waals surface area contributed by atoms with Crippen molar-refractivity contribution in [3.8, 4) is 11.8 Å². The molecule has 5 heteroatoms. The lowest BCUT2D eigenvalue weighted by atomic mass is 10.2.